The number of nitrogens with zero attached hydrogens (tertiary/aromatic N) is 2. The minimum Gasteiger partial charge on any atom is -0.374 e. The fraction of sp³-hybridized carbons (Fsp3) is 0.647. The summed E-state index contributed by atoms with van der Waals surface area (Å²) in [7, 11) is 2.17. The maximum Gasteiger partial charge on any atom is 0.0504 e. The van der Waals surface area contributed by atoms with Crippen LogP contribution in [0.5, 0.6) is 0 Å². The molecule has 2 aliphatic heterocycles. The van der Waals surface area contributed by atoms with Gasteiger partial charge in [-0.25, -0.2) is 0 Å². The van der Waals surface area contributed by atoms with Crippen molar-refractivity contribution in [3.63, 3.8) is 0 Å². The molecule has 0 spiro atoms. The molecule has 3 rings (SSSR count). The van der Waals surface area contributed by atoms with Crippen molar-refractivity contribution in [3.8, 4) is 0 Å². The molecule has 110 valence electrons. The Morgan fingerprint density at radius 1 is 1.20 bits per heavy atom. The molecule has 3 nitrogen and oxygen atoms in total. The number of likely N-dealkylation sites (tertiary alicyclic amines) is 1. The van der Waals surface area contributed by atoms with E-state index in [4.69, 9.17) is 5.73 Å². The molecule has 1 fully saturated rings. The summed E-state index contributed by atoms with van der Waals surface area (Å²) in [6.07, 6.45) is 2.26. The molecule has 0 bridgehead atoms. The summed E-state index contributed by atoms with van der Waals surface area (Å²) in [4.78, 5) is 4.91. The van der Waals surface area contributed by atoms with Gasteiger partial charge in [-0.3, -0.25) is 4.90 Å². The highest BCUT2D eigenvalue weighted by Gasteiger charge is 2.39. The van der Waals surface area contributed by atoms with Gasteiger partial charge in [0.05, 0.1) is 6.04 Å². The SMILES string of the molecule is CN1CCc2cc(C3C(N)CCN3C(C)(C)C)ccc21. The van der Waals surface area contributed by atoms with Crippen molar-refractivity contribution < 1.29 is 0 Å². The minimum absolute atomic E-state index is 0.175. The summed E-state index contributed by atoms with van der Waals surface area (Å²) in [5.41, 5.74) is 10.9. The Morgan fingerprint density at radius 2 is 1.95 bits per heavy atom. The van der Waals surface area contributed by atoms with E-state index < -0.39 is 0 Å². The van der Waals surface area contributed by atoms with Gasteiger partial charge in [0.15, 0.2) is 0 Å². The van der Waals surface area contributed by atoms with E-state index in [0.717, 1.165) is 25.9 Å². The molecule has 2 N–H and O–H groups in total. The number of hydrogen-bond acceptors (Lipinski definition) is 3. The fourth-order valence-corrected chi connectivity index (χ4v) is 3.77. The molecule has 2 aliphatic rings. The van der Waals surface area contributed by atoms with Gasteiger partial charge in [-0.2, -0.15) is 0 Å². The highest BCUT2D eigenvalue weighted by atomic mass is 15.3. The van der Waals surface area contributed by atoms with Crippen LogP contribution in [0.15, 0.2) is 18.2 Å². The normalized spacial score (nSPS) is 27.1. The van der Waals surface area contributed by atoms with E-state index in [-0.39, 0.29) is 11.6 Å². The van der Waals surface area contributed by atoms with Gasteiger partial charge in [0.2, 0.25) is 0 Å². The highest BCUT2D eigenvalue weighted by molar-refractivity contribution is 5.58. The summed E-state index contributed by atoms with van der Waals surface area (Å²) in [5, 5.41) is 0. The molecule has 1 saturated heterocycles. The lowest BCUT2D eigenvalue weighted by Crippen LogP contribution is -2.43. The van der Waals surface area contributed by atoms with Crippen molar-refractivity contribution in [3.05, 3.63) is 29.3 Å². The zero-order chi connectivity index (χ0) is 14.5. The van der Waals surface area contributed by atoms with Gasteiger partial charge in [-0.05, 0) is 50.8 Å². The van der Waals surface area contributed by atoms with E-state index in [1.54, 1.807) is 0 Å². The van der Waals surface area contributed by atoms with E-state index in [9.17, 15) is 0 Å². The first-order chi connectivity index (χ1) is 9.38. The predicted molar refractivity (Wildman–Crippen MR) is 85.2 cm³/mol. The van der Waals surface area contributed by atoms with Crippen LogP contribution in [0, 0.1) is 0 Å². The molecule has 0 aliphatic carbocycles. The average molecular weight is 273 g/mol. The van der Waals surface area contributed by atoms with Crippen molar-refractivity contribution in [1.82, 2.24) is 4.90 Å². The zero-order valence-electron chi connectivity index (χ0n) is 13.2. The summed E-state index contributed by atoms with van der Waals surface area (Å²) in [5.74, 6) is 0. The largest absolute Gasteiger partial charge is 0.374 e. The zero-order valence-corrected chi connectivity index (χ0v) is 13.2. The van der Waals surface area contributed by atoms with E-state index in [2.05, 4.69) is 55.8 Å². The number of likely N-dealkylation sites (N-methyl/N-ethyl adjacent to an activating group) is 1. The van der Waals surface area contributed by atoms with Crippen LogP contribution in [0.25, 0.3) is 0 Å². The fourth-order valence-electron chi connectivity index (χ4n) is 3.77. The first-order valence-corrected chi connectivity index (χ1v) is 7.74. The van der Waals surface area contributed by atoms with Gasteiger partial charge in [-0.1, -0.05) is 12.1 Å². The van der Waals surface area contributed by atoms with Gasteiger partial charge in [0, 0.05) is 37.4 Å². The molecular formula is C17H27N3. The van der Waals surface area contributed by atoms with Gasteiger partial charge in [-0.15, -0.1) is 0 Å². The van der Waals surface area contributed by atoms with Crippen LogP contribution in [0.4, 0.5) is 5.69 Å². The Labute approximate surface area is 122 Å². The minimum atomic E-state index is 0.175. The van der Waals surface area contributed by atoms with Crippen molar-refractivity contribution in [2.24, 2.45) is 5.73 Å². The summed E-state index contributed by atoms with van der Waals surface area (Å²) in [6.45, 7) is 9.11. The molecule has 2 heterocycles. The molecule has 0 radical (unpaired) electrons. The number of nitrogens with two attached hydrogens (primary N) is 1. The maximum absolute atomic E-state index is 6.42. The maximum atomic E-state index is 6.42. The van der Waals surface area contributed by atoms with E-state index >= 15 is 0 Å². The van der Waals surface area contributed by atoms with Gasteiger partial charge in [0.25, 0.3) is 0 Å². The molecular weight excluding hydrogens is 246 g/mol. The summed E-state index contributed by atoms with van der Waals surface area (Å²) in [6, 6.07) is 7.59. The van der Waals surface area contributed by atoms with Crippen molar-refractivity contribution >= 4 is 5.69 Å². The smallest absolute Gasteiger partial charge is 0.0504 e. The third kappa shape index (κ3) is 2.23. The van der Waals surface area contributed by atoms with Gasteiger partial charge in [0.1, 0.15) is 0 Å². The van der Waals surface area contributed by atoms with Crippen LogP contribution in [0.3, 0.4) is 0 Å². The lowest BCUT2D eigenvalue weighted by molar-refractivity contribution is 0.117. The van der Waals surface area contributed by atoms with Crippen LogP contribution in [0.1, 0.15) is 44.4 Å². The van der Waals surface area contributed by atoms with Crippen LogP contribution >= 0.6 is 0 Å². The molecule has 20 heavy (non-hydrogen) atoms. The number of hydrogen-bond donors (Lipinski definition) is 1. The van der Waals surface area contributed by atoms with Crippen LogP contribution < -0.4 is 10.6 Å². The Hall–Kier alpha value is -1.06. The lowest BCUT2D eigenvalue weighted by Gasteiger charge is -2.38. The molecule has 0 saturated carbocycles. The third-order valence-electron chi connectivity index (χ3n) is 4.88. The highest BCUT2D eigenvalue weighted by Crippen LogP contribution is 2.39. The second kappa shape index (κ2) is 4.74. The number of anilines is 1. The van der Waals surface area contributed by atoms with Gasteiger partial charge < -0.3 is 10.6 Å². The molecule has 2 atom stereocenters. The van der Waals surface area contributed by atoms with Crippen molar-refractivity contribution in [2.75, 3.05) is 25.0 Å². The molecule has 1 aromatic carbocycles. The first-order valence-electron chi connectivity index (χ1n) is 7.74. The van der Waals surface area contributed by atoms with E-state index in [1.165, 1.54) is 16.8 Å². The average Bonchev–Trinajstić information content (AvgIpc) is 2.92. The number of benzene rings is 1. The van der Waals surface area contributed by atoms with Gasteiger partial charge >= 0.3 is 0 Å². The van der Waals surface area contributed by atoms with Crippen molar-refractivity contribution in [1.29, 1.82) is 0 Å². The van der Waals surface area contributed by atoms with E-state index in [1.807, 2.05) is 0 Å². The molecule has 2 unspecified atom stereocenters. The van der Waals surface area contributed by atoms with Crippen LogP contribution in [-0.2, 0) is 6.42 Å². The van der Waals surface area contributed by atoms with Crippen molar-refractivity contribution in [2.45, 2.75) is 51.2 Å². The Morgan fingerprint density at radius 3 is 2.65 bits per heavy atom. The monoisotopic (exact) mass is 273 g/mol. The second-order valence-corrected chi connectivity index (χ2v) is 7.32. The quantitative estimate of drug-likeness (QED) is 0.853. The summed E-state index contributed by atoms with van der Waals surface area (Å²) >= 11 is 0. The second-order valence-electron chi connectivity index (χ2n) is 7.32. The predicted octanol–water partition coefficient (Wildman–Crippen LogP) is 2.55. The van der Waals surface area contributed by atoms with E-state index in [0.29, 0.717) is 6.04 Å². The molecule has 3 heteroatoms. The molecule has 1 aromatic rings. The Balaban J connectivity index is 1.95. The summed E-state index contributed by atoms with van der Waals surface area (Å²) < 4.78 is 0. The lowest BCUT2D eigenvalue weighted by atomic mass is 9.95. The molecule has 0 amide bonds. The number of fused-ring (bicyclic) bond motifs is 1. The topological polar surface area (TPSA) is 32.5 Å². The molecule has 0 aromatic heterocycles. The number of rotatable bonds is 1. The standard InChI is InChI=1S/C17H27N3/c1-17(2,3)20-10-8-14(18)16(20)13-5-6-15-12(11-13)7-9-19(15)4/h5-6,11,14,16H,7-10,18H2,1-4H3. The third-order valence-corrected chi connectivity index (χ3v) is 4.88. The van der Waals surface area contributed by atoms with Crippen LogP contribution in [0.2, 0.25) is 0 Å². The van der Waals surface area contributed by atoms with Crippen LogP contribution in [-0.4, -0.2) is 36.6 Å². The Bertz CT molecular complexity index is 503. The first kappa shape index (κ1) is 13.9. The Kier molecular flexibility index (Phi) is 3.30.